The van der Waals surface area contributed by atoms with Crippen molar-refractivity contribution in [2.75, 3.05) is 14.2 Å². The highest BCUT2D eigenvalue weighted by molar-refractivity contribution is 5.65. The van der Waals surface area contributed by atoms with Crippen molar-refractivity contribution in [3.63, 3.8) is 0 Å². The summed E-state index contributed by atoms with van der Waals surface area (Å²) in [6.45, 7) is 1.75. The Hall–Kier alpha value is -2.42. The molecule has 0 aromatic heterocycles. The number of hydrogen-bond acceptors (Lipinski definition) is 4. The Labute approximate surface area is 111 Å². The van der Waals surface area contributed by atoms with Crippen molar-refractivity contribution in [1.82, 2.24) is 5.32 Å². The predicted octanol–water partition coefficient (Wildman–Crippen LogP) is 1.77. The van der Waals surface area contributed by atoms with E-state index in [1.807, 2.05) is 6.07 Å². The number of hydrogen-bond donors (Lipinski definition) is 2. The molecule has 0 bridgehead atoms. The highest BCUT2D eigenvalue weighted by Crippen LogP contribution is 2.29. The van der Waals surface area contributed by atoms with E-state index in [1.54, 1.807) is 19.1 Å². The molecule has 1 amide bonds. The Morgan fingerprint density at radius 1 is 1.42 bits per heavy atom. The second-order valence-electron chi connectivity index (χ2n) is 4.03. The summed E-state index contributed by atoms with van der Waals surface area (Å²) in [5.41, 5.74) is 1.15. The van der Waals surface area contributed by atoms with Crippen LogP contribution < -0.4 is 14.8 Å². The van der Waals surface area contributed by atoms with Crippen LogP contribution in [0.25, 0.3) is 0 Å². The molecule has 2 N–H and O–H groups in total. The van der Waals surface area contributed by atoms with E-state index >= 15 is 0 Å². The van der Waals surface area contributed by atoms with Gasteiger partial charge in [-0.25, -0.2) is 4.79 Å². The number of rotatable bonds is 5. The lowest BCUT2D eigenvalue weighted by molar-refractivity contribution is 0.190. The molecular weight excluding hydrogens is 248 g/mol. The van der Waals surface area contributed by atoms with Gasteiger partial charge in [0.2, 0.25) is 0 Å². The van der Waals surface area contributed by atoms with E-state index in [0.29, 0.717) is 23.5 Å². The molecule has 6 heteroatoms. The topological polar surface area (TPSA) is 91.6 Å². The molecule has 1 aromatic rings. The number of nitrogens with one attached hydrogen (secondary N) is 1. The van der Waals surface area contributed by atoms with Crippen molar-refractivity contribution in [1.29, 1.82) is 5.26 Å². The van der Waals surface area contributed by atoms with Crippen molar-refractivity contribution < 1.29 is 19.4 Å². The van der Waals surface area contributed by atoms with Gasteiger partial charge in [0.1, 0.15) is 17.6 Å². The fraction of sp³-hybridized carbons (Fsp3) is 0.385. The Kier molecular flexibility index (Phi) is 5.01. The number of carboxylic acid groups (broad SMARTS) is 1. The van der Waals surface area contributed by atoms with Gasteiger partial charge >= 0.3 is 6.09 Å². The Morgan fingerprint density at radius 3 is 2.53 bits per heavy atom. The number of nitriles is 1. The average molecular weight is 264 g/mol. The van der Waals surface area contributed by atoms with Gasteiger partial charge in [0.05, 0.1) is 19.8 Å². The molecule has 1 unspecified atom stereocenters. The van der Waals surface area contributed by atoms with Crippen LogP contribution in [0.2, 0.25) is 0 Å². The fourth-order valence-corrected chi connectivity index (χ4v) is 1.80. The summed E-state index contributed by atoms with van der Waals surface area (Å²) in [7, 11) is 2.98. The number of nitrogens with zero attached hydrogens (tertiary/aromatic N) is 1. The molecule has 1 aromatic carbocycles. The first-order valence-electron chi connectivity index (χ1n) is 5.66. The quantitative estimate of drug-likeness (QED) is 0.845. The minimum absolute atomic E-state index is 0.274. The van der Waals surface area contributed by atoms with E-state index in [-0.39, 0.29) is 6.04 Å². The number of carbonyl (C=O) groups is 1. The zero-order valence-electron chi connectivity index (χ0n) is 11.1. The molecule has 0 aliphatic heterocycles. The van der Waals surface area contributed by atoms with E-state index < -0.39 is 6.09 Å². The lowest BCUT2D eigenvalue weighted by Crippen LogP contribution is -2.32. The Morgan fingerprint density at radius 2 is 2.05 bits per heavy atom. The van der Waals surface area contributed by atoms with Crippen molar-refractivity contribution in [2.45, 2.75) is 19.4 Å². The second kappa shape index (κ2) is 6.50. The number of benzene rings is 1. The van der Waals surface area contributed by atoms with Crippen molar-refractivity contribution in [3.8, 4) is 17.6 Å². The maximum atomic E-state index is 10.6. The van der Waals surface area contributed by atoms with E-state index in [4.69, 9.17) is 19.8 Å². The molecule has 0 spiro atoms. The van der Waals surface area contributed by atoms with Crippen molar-refractivity contribution >= 4 is 6.09 Å². The molecule has 102 valence electrons. The third kappa shape index (κ3) is 3.78. The molecule has 19 heavy (non-hydrogen) atoms. The van der Waals surface area contributed by atoms with E-state index in [2.05, 4.69) is 5.32 Å². The first-order valence-corrected chi connectivity index (χ1v) is 5.66. The summed E-state index contributed by atoms with van der Waals surface area (Å²) in [5, 5.41) is 20.0. The van der Waals surface area contributed by atoms with Crippen LogP contribution in [0.3, 0.4) is 0 Å². The van der Waals surface area contributed by atoms with Gasteiger partial charge in [0.25, 0.3) is 0 Å². The van der Waals surface area contributed by atoms with Crippen LogP contribution in [0.15, 0.2) is 12.1 Å². The normalized spacial score (nSPS) is 11.3. The van der Waals surface area contributed by atoms with Crippen LogP contribution in [0.5, 0.6) is 11.5 Å². The summed E-state index contributed by atoms with van der Waals surface area (Å²) >= 11 is 0. The van der Waals surface area contributed by atoms with Gasteiger partial charge in [0, 0.05) is 12.1 Å². The number of ether oxygens (including phenoxy) is 2. The predicted molar refractivity (Wildman–Crippen MR) is 68.6 cm³/mol. The van der Waals surface area contributed by atoms with Gasteiger partial charge in [0.15, 0.2) is 0 Å². The first kappa shape index (κ1) is 14.6. The average Bonchev–Trinajstić information content (AvgIpc) is 2.37. The van der Waals surface area contributed by atoms with E-state index in [0.717, 1.165) is 5.56 Å². The van der Waals surface area contributed by atoms with Crippen LogP contribution in [0.4, 0.5) is 4.79 Å². The van der Waals surface area contributed by atoms with Crippen LogP contribution in [0.1, 0.15) is 18.1 Å². The van der Waals surface area contributed by atoms with Crippen LogP contribution in [-0.4, -0.2) is 31.5 Å². The van der Waals surface area contributed by atoms with E-state index in [1.165, 1.54) is 14.2 Å². The first-order chi connectivity index (χ1) is 9.01. The van der Waals surface area contributed by atoms with Gasteiger partial charge in [-0.2, -0.15) is 5.26 Å². The number of amides is 1. The largest absolute Gasteiger partial charge is 0.496 e. The van der Waals surface area contributed by atoms with Crippen LogP contribution >= 0.6 is 0 Å². The Balaban J connectivity index is 3.05. The summed E-state index contributed by atoms with van der Waals surface area (Å²) in [4.78, 5) is 10.6. The second-order valence-corrected chi connectivity index (χ2v) is 4.03. The Bertz CT molecular complexity index is 508. The molecule has 0 heterocycles. The van der Waals surface area contributed by atoms with Crippen LogP contribution in [0, 0.1) is 11.3 Å². The molecule has 0 fully saturated rings. The van der Waals surface area contributed by atoms with Gasteiger partial charge in [-0.05, 0) is 25.0 Å². The fourth-order valence-electron chi connectivity index (χ4n) is 1.80. The third-order valence-corrected chi connectivity index (χ3v) is 2.62. The minimum Gasteiger partial charge on any atom is -0.496 e. The summed E-state index contributed by atoms with van der Waals surface area (Å²) < 4.78 is 10.3. The van der Waals surface area contributed by atoms with Gasteiger partial charge in [-0.15, -0.1) is 0 Å². The maximum Gasteiger partial charge on any atom is 0.404 e. The van der Waals surface area contributed by atoms with Crippen molar-refractivity contribution in [3.05, 3.63) is 23.3 Å². The minimum atomic E-state index is -1.08. The van der Waals surface area contributed by atoms with Crippen LogP contribution in [-0.2, 0) is 6.42 Å². The van der Waals surface area contributed by atoms with Gasteiger partial charge in [-0.1, -0.05) is 0 Å². The summed E-state index contributed by atoms with van der Waals surface area (Å²) in [6, 6.07) is 5.02. The van der Waals surface area contributed by atoms with E-state index in [9.17, 15) is 4.79 Å². The number of methoxy groups -OCH3 is 2. The zero-order chi connectivity index (χ0) is 14.4. The lowest BCUT2D eigenvalue weighted by atomic mass is 10.0. The smallest absolute Gasteiger partial charge is 0.404 e. The molecule has 1 rings (SSSR count). The molecule has 6 nitrogen and oxygen atoms in total. The summed E-state index contributed by atoms with van der Waals surface area (Å²) in [6.07, 6.45) is -0.635. The molecule has 0 radical (unpaired) electrons. The van der Waals surface area contributed by atoms with Crippen molar-refractivity contribution in [2.24, 2.45) is 0 Å². The molecule has 0 aliphatic rings. The van der Waals surface area contributed by atoms with Gasteiger partial charge < -0.3 is 19.9 Å². The lowest BCUT2D eigenvalue weighted by Gasteiger charge is -2.15. The monoisotopic (exact) mass is 264 g/mol. The zero-order valence-corrected chi connectivity index (χ0v) is 11.1. The molecule has 0 aliphatic carbocycles. The standard InChI is InChI=1S/C13H16N2O4/c1-8(15-13(16)17)4-9-5-12(19-3)10(7-14)6-11(9)18-2/h5-6,8,15H,4H2,1-3H3,(H,16,17). The molecule has 0 saturated heterocycles. The highest BCUT2D eigenvalue weighted by Gasteiger charge is 2.14. The highest BCUT2D eigenvalue weighted by atomic mass is 16.5. The SMILES string of the molecule is COc1cc(CC(C)NC(=O)O)c(OC)cc1C#N. The van der Waals surface area contributed by atoms with Gasteiger partial charge in [-0.3, -0.25) is 0 Å². The summed E-state index contributed by atoms with van der Waals surface area (Å²) in [5.74, 6) is 0.984. The molecule has 1 atom stereocenters. The third-order valence-electron chi connectivity index (χ3n) is 2.62. The maximum absolute atomic E-state index is 10.6. The molecule has 0 saturated carbocycles. The molecular formula is C13H16N2O4.